The molecule has 0 spiro atoms. The van der Waals surface area contributed by atoms with Crippen LogP contribution in [0.2, 0.25) is 0 Å². The summed E-state index contributed by atoms with van der Waals surface area (Å²) in [4.78, 5) is 25.2. The first-order valence-corrected chi connectivity index (χ1v) is 7.22. The molecule has 1 saturated heterocycles. The van der Waals surface area contributed by atoms with Crippen LogP contribution in [0.3, 0.4) is 0 Å². The van der Waals surface area contributed by atoms with Crippen molar-refractivity contribution in [2.45, 2.75) is 12.8 Å². The molecule has 0 radical (unpaired) electrons. The van der Waals surface area contributed by atoms with Crippen molar-refractivity contribution in [1.29, 1.82) is 0 Å². The van der Waals surface area contributed by atoms with Crippen molar-refractivity contribution in [3.05, 3.63) is 53.4 Å². The molecule has 1 unspecified atom stereocenters. The quantitative estimate of drug-likeness (QED) is 0.926. The predicted molar refractivity (Wildman–Crippen MR) is 79.2 cm³/mol. The highest BCUT2D eigenvalue weighted by molar-refractivity contribution is 5.93. The van der Waals surface area contributed by atoms with Gasteiger partial charge < -0.3 is 15.2 Å². The van der Waals surface area contributed by atoms with Gasteiger partial charge in [0.2, 0.25) is 11.7 Å². The largest absolute Gasteiger partial charge is 0.366 e. The molecule has 1 fully saturated rings. The van der Waals surface area contributed by atoms with E-state index in [1.54, 1.807) is 17.0 Å². The van der Waals surface area contributed by atoms with E-state index in [0.29, 0.717) is 24.6 Å². The fourth-order valence-corrected chi connectivity index (χ4v) is 2.85. The number of benzene rings is 1. The van der Waals surface area contributed by atoms with Gasteiger partial charge in [-0.1, -0.05) is 17.3 Å². The summed E-state index contributed by atoms with van der Waals surface area (Å²) < 4.78 is 4.91. The molecule has 114 valence electrons. The van der Waals surface area contributed by atoms with Crippen LogP contribution in [-0.2, 0) is 6.42 Å². The fourth-order valence-electron chi connectivity index (χ4n) is 2.85. The van der Waals surface area contributed by atoms with Gasteiger partial charge in [-0.05, 0) is 36.5 Å². The number of carbonyl (C=O) groups is 2. The van der Waals surface area contributed by atoms with E-state index in [1.807, 2.05) is 18.2 Å². The average molecular weight is 299 g/mol. The van der Waals surface area contributed by atoms with Gasteiger partial charge >= 0.3 is 0 Å². The molecule has 2 heterocycles. The van der Waals surface area contributed by atoms with E-state index in [0.717, 1.165) is 18.4 Å². The summed E-state index contributed by atoms with van der Waals surface area (Å²) in [5, 5.41) is 3.56. The molecule has 1 aliphatic heterocycles. The molecule has 0 saturated carbocycles. The second kappa shape index (κ2) is 6.01. The Bertz CT molecular complexity index is 682. The van der Waals surface area contributed by atoms with Crippen molar-refractivity contribution in [2.24, 2.45) is 11.7 Å². The molecular formula is C16H17N3O3. The SMILES string of the molecule is NC(=O)c1cccc(CC2CCN(C(=O)c3ccno3)C2)c1. The lowest BCUT2D eigenvalue weighted by Crippen LogP contribution is -2.28. The minimum absolute atomic E-state index is 0.120. The number of amides is 2. The van der Waals surface area contributed by atoms with Gasteiger partial charge in [0.05, 0.1) is 6.20 Å². The molecule has 22 heavy (non-hydrogen) atoms. The van der Waals surface area contributed by atoms with E-state index in [2.05, 4.69) is 5.16 Å². The molecule has 3 rings (SSSR count). The molecule has 1 atom stereocenters. The summed E-state index contributed by atoms with van der Waals surface area (Å²) >= 11 is 0. The Kier molecular flexibility index (Phi) is 3.91. The minimum atomic E-state index is -0.421. The highest BCUT2D eigenvalue weighted by atomic mass is 16.5. The van der Waals surface area contributed by atoms with E-state index in [9.17, 15) is 9.59 Å². The highest BCUT2D eigenvalue weighted by Crippen LogP contribution is 2.22. The van der Waals surface area contributed by atoms with Crippen LogP contribution in [0.15, 0.2) is 41.1 Å². The Morgan fingerprint density at radius 2 is 2.23 bits per heavy atom. The first kappa shape index (κ1) is 14.3. The summed E-state index contributed by atoms with van der Waals surface area (Å²) in [5.74, 6) is 0.104. The molecule has 6 heteroatoms. The maximum Gasteiger partial charge on any atom is 0.292 e. The maximum absolute atomic E-state index is 12.2. The number of hydrogen-bond donors (Lipinski definition) is 1. The molecular weight excluding hydrogens is 282 g/mol. The van der Waals surface area contributed by atoms with Gasteiger partial charge in [-0.25, -0.2) is 0 Å². The maximum atomic E-state index is 12.2. The molecule has 1 aromatic heterocycles. The summed E-state index contributed by atoms with van der Waals surface area (Å²) in [6.45, 7) is 1.39. The van der Waals surface area contributed by atoms with Gasteiger partial charge in [-0.2, -0.15) is 0 Å². The van der Waals surface area contributed by atoms with Crippen molar-refractivity contribution in [1.82, 2.24) is 10.1 Å². The Hall–Kier alpha value is -2.63. The smallest absolute Gasteiger partial charge is 0.292 e. The molecule has 1 aliphatic rings. The van der Waals surface area contributed by atoms with E-state index in [-0.39, 0.29) is 11.7 Å². The van der Waals surface area contributed by atoms with Gasteiger partial charge in [0.15, 0.2) is 0 Å². The predicted octanol–water partition coefficient (Wildman–Crippen LogP) is 1.48. The number of likely N-dealkylation sites (tertiary alicyclic amines) is 1. The minimum Gasteiger partial charge on any atom is -0.366 e. The van der Waals surface area contributed by atoms with Crippen LogP contribution < -0.4 is 5.73 Å². The van der Waals surface area contributed by atoms with Crippen molar-refractivity contribution >= 4 is 11.8 Å². The van der Waals surface area contributed by atoms with Crippen LogP contribution in [-0.4, -0.2) is 35.0 Å². The van der Waals surface area contributed by atoms with Crippen LogP contribution >= 0.6 is 0 Å². The zero-order valence-corrected chi connectivity index (χ0v) is 12.1. The third-order valence-corrected chi connectivity index (χ3v) is 3.96. The zero-order valence-electron chi connectivity index (χ0n) is 12.1. The number of carbonyl (C=O) groups excluding carboxylic acids is 2. The van der Waals surface area contributed by atoms with Gasteiger partial charge in [0.25, 0.3) is 5.91 Å². The zero-order chi connectivity index (χ0) is 15.5. The molecule has 0 aliphatic carbocycles. The van der Waals surface area contributed by atoms with Gasteiger partial charge in [-0.15, -0.1) is 0 Å². The molecule has 1 aromatic carbocycles. The summed E-state index contributed by atoms with van der Waals surface area (Å²) in [5.41, 5.74) is 6.88. The van der Waals surface area contributed by atoms with E-state index in [4.69, 9.17) is 10.3 Å². The van der Waals surface area contributed by atoms with E-state index >= 15 is 0 Å². The topological polar surface area (TPSA) is 89.4 Å². The average Bonchev–Trinajstić information content (AvgIpc) is 3.18. The number of nitrogens with two attached hydrogens (primary N) is 1. The van der Waals surface area contributed by atoms with Crippen LogP contribution in [0.1, 0.15) is 32.9 Å². The standard InChI is InChI=1S/C16H17N3O3/c17-15(20)13-3-1-2-11(9-13)8-12-5-7-19(10-12)16(21)14-4-6-18-22-14/h1-4,6,9,12H,5,7-8,10H2,(H2,17,20). The first-order valence-electron chi connectivity index (χ1n) is 7.22. The van der Waals surface area contributed by atoms with E-state index in [1.165, 1.54) is 6.20 Å². The third kappa shape index (κ3) is 3.00. The van der Waals surface area contributed by atoms with Gasteiger partial charge in [0.1, 0.15) is 0 Å². The molecule has 2 amide bonds. The third-order valence-electron chi connectivity index (χ3n) is 3.96. The van der Waals surface area contributed by atoms with Crippen molar-refractivity contribution in [2.75, 3.05) is 13.1 Å². The fraction of sp³-hybridized carbons (Fsp3) is 0.312. The van der Waals surface area contributed by atoms with Crippen molar-refractivity contribution in [3.8, 4) is 0 Å². The van der Waals surface area contributed by atoms with Crippen LogP contribution in [0, 0.1) is 5.92 Å². The summed E-state index contributed by atoms with van der Waals surface area (Å²) in [7, 11) is 0. The molecule has 6 nitrogen and oxygen atoms in total. The van der Waals surface area contributed by atoms with Crippen molar-refractivity contribution < 1.29 is 14.1 Å². The molecule has 2 N–H and O–H groups in total. The Balaban J connectivity index is 1.62. The number of nitrogens with zero attached hydrogens (tertiary/aromatic N) is 2. The second-order valence-electron chi connectivity index (χ2n) is 5.55. The van der Waals surface area contributed by atoms with Crippen LogP contribution in [0.5, 0.6) is 0 Å². The monoisotopic (exact) mass is 299 g/mol. The first-order chi connectivity index (χ1) is 10.6. The van der Waals surface area contributed by atoms with Gasteiger partial charge in [-0.3, -0.25) is 9.59 Å². The van der Waals surface area contributed by atoms with Gasteiger partial charge in [0, 0.05) is 24.7 Å². The number of hydrogen-bond acceptors (Lipinski definition) is 4. The van der Waals surface area contributed by atoms with E-state index < -0.39 is 5.91 Å². The Labute approximate surface area is 127 Å². The lowest BCUT2D eigenvalue weighted by atomic mass is 9.97. The molecule has 0 bridgehead atoms. The summed E-state index contributed by atoms with van der Waals surface area (Å²) in [6.07, 6.45) is 3.22. The summed E-state index contributed by atoms with van der Waals surface area (Å²) in [6, 6.07) is 8.92. The van der Waals surface area contributed by atoms with Crippen molar-refractivity contribution in [3.63, 3.8) is 0 Å². The second-order valence-corrected chi connectivity index (χ2v) is 5.55. The number of primary amides is 1. The lowest BCUT2D eigenvalue weighted by Gasteiger charge is -2.14. The number of rotatable bonds is 4. The normalized spacial score (nSPS) is 17.6. The highest BCUT2D eigenvalue weighted by Gasteiger charge is 2.28. The Morgan fingerprint density at radius 3 is 2.95 bits per heavy atom. The van der Waals surface area contributed by atoms with Crippen LogP contribution in [0.25, 0.3) is 0 Å². The Morgan fingerprint density at radius 1 is 1.36 bits per heavy atom. The van der Waals surface area contributed by atoms with Crippen LogP contribution in [0.4, 0.5) is 0 Å². The number of aromatic nitrogens is 1. The molecule has 2 aromatic rings. The lowest BCUT2D eigenvalue weighted by molar-refractivity contribution is 0.0745.